The fourth-order valence-electron chi connectivity index (χ4n) is 7.91. The van der Waals surface area contributed by atoms with Gasteiger partial charge in [-0.25, -0.2) is 9.98 Å². The quantitative estimate of drug-likeness (QED) is 0.190. The Balaban J connectivity index is 1.44. The lowest BCUT2D eigenvalue weighted by Gasteiger charge is -2.12. The van der Waals surface area contributed by atoms with Gasteiger partial charge in [0.15, 0.2) is 0 Å². The van der Waals surface area contributed by atoms with Crippen LogP contribution in [-0.4, -0.2) is 26.7 Å². The third kappa shape index (κ3) is 5.08. The molecule has 6 aromatic rings. The van der Waals surface area contributed by atoms with E-state index < -0.39 is 0 Å². The molecule has 0 unspecified atom stereocenters. The lowest BCUT2D eigenvalue weighted by Crippen LogP contribution is -2.19. The molecule has 5 heteroatoms. The molecule has 0 amide bonds. The number of benzene rings is 4. The van der Waals surface area contributed by atoms with Crippen molar-refractivity contribution in [1.82, 2.24) is 14.4 Å². The molecule has 6 bridgehead atoms. The highest BCUT2D eigenvalue weighted by Crippen LogP contribution is 2.47. The number of allylic oxidation sites excluding steroid dienone is 2. The summed E-state index contributed by atoms with van der Waals surface area (Å²) in [5.41, 5.74) is 15.2. The largest absolute Gasteiger partial charge is 0.477 e. The monoisotopic (exact) mass is 682 g/mol. The zero-order chi connectivity index (χ0) is 35.3. The van der Waals surface area contributed by atoms with Gasteiger partial charge in [0, 0.05) is 44.7 Å². The van der Waals surface area contributed by atoms with Crippen LogP contribution in [0.15, 0.2) is 181 Å². The summed E-state index contributed by atoms with van der Waals surface area (Å²) in [4.78, 5) is 14.7. The molecule has 0 saturated heterocycles. The van der Waals surface area contributed by atoms with E-state index in [4.69, 9.17) is 14.7 Å². The minimum Gasteiger partial charge on any atom is -0.477 e. The molecule has 6 heterocycles. The van der Waals surface area contributed by atoms with E-state index in [9.17, 15) is 0 Å². The molecule has 4 aliphatic heterocycles. The minimum atomic E-state index is 0.486. The van der Waals surface area contributed by atoms with Crippen LogP contribution in [0.1, 0.15) is 35.0 Å². The number of aromatic nitrogens is 3. The number of aliphatic imine (C=N–C) groups is 1. The third-order valence-corrected chi connectivity index (χ3v) is 10.2. The summed E-state index contributed by atoms with van der Waals surface area (Å²) in [7, 11) is 0. The molecule has 4 aliphatic rings. The molecule has 0 radical (unpaired) electrons. The zero-order valence-electron chi connectivity index (χ0n) is 29.1. The molecule has 5 nitrogen and oxygen atoms in total. The molecule has 0 fully saturated rings. The van der Waals surface area contributed by atoms with Gasteiger partial charge in [0.05, 0.1) is 40.5 Å². The molecule has 0 aliphatic carbocycles. The average Bonchev–Trinajstić information content (AvgIpc) is 4.01. The lowest BCUT2D eigenvalue weighted by molar-refractivity contribution is 0.330. The normalized spacial score (nSPS) is 13.7. The average molecular weight is 683 g/mol. The predicted molar refractivity (Wildman–Crippen MR) is 215 cm³/mol. The molecule has 53 heavy (non-hydrogen) atoms. The molecule has 0 saturated carbocycles. The van der Waals surface area contributed by atoms with E-state index in [2.05, 4.69) is 179 Å². The van der Waals surface area contributed by atoms with E-state index in [1.54, 1.807) is 0 Å². The summed E-state index contributed by atoms with van der Waals surface area (Å²) in [5.74, 6) is 0.618. The summed E-state index contributed by atoms with van der Waals surface area (Å²) in [6.45, 7) is 2.51. The van der Waals surface area contributed by atoms with E-state index in [-0.39, 0.29) is 0 Å². The smallest absolute Gasteiger partial charge is 0.222 e. The van der Waals surface area contributed by atoms with Crippen LogP contribution in [0.4, 0.5) is 0 Å². The summed E-state index contributed by atoms with van der Waals surface area (Å²) in [6, 6.07) is 53.2. The number of nitrogens with one attached hydrogen (secondary N) is 1. The number of hydrogen-bond acceptors (Lipinski definition) is 3. The van der Waals surface area contributed by atoms with Crippen molar-refractivity contribution in [3.05, 3.63) is 214 Å². The number of ether oxygens (including phenoxy) is 1. The van der Waals surface area contributed by atoms with Gasteiger partial charge in [-0.1, -0.05) is 121 Å². The molecule has 10 rings (SSSR count). The standard InChI is InChI=1S/C48H34N4O/c1-2-53-48-46-35-29-30-52-40(27-28-41(52)45(46)34-21-13-6-14-22-34)43(32-17-9-4-10-18-32)38-25-23-36(49-38)42(31-15-7-3-8-16-31)37-24-26-39(50-37)44(47(35)51-48)33-19-11-5-12-20-33/h3-30,50H,2H2,1H3. The van der Waals surface area contributed by atoms with Crippen molar-refractivity contribution in [2.75, 3.05) is 6.61 Å². The molecule has 2 aromatic heterocycles. The molecule has 4 aromatic carbocycles. The van der Waals surface area contributed by atoms with Gasteiger partial charge in [0.2, 0.25) is 5.88 Å². The fourth-order valence-corrected chi connectivity index (χ4v) is 7.91. The van der Waals surface area contributed by atoms with Gasteiger partial charge in [0.1, 0.15) is 0 Å². The highest BCUT2D eigenvalue weighted by Gasteiger charge is 2.29. The Bertz CT molecular complexity index is 2860. The second-order valence-electron chi connectivity index (χ2n) is 13.2. The summed E-state index contributed by atoms with van der Waals surface area (Å²) < 4.78 is 8.80. The van der Waals surface area contributed by atoms with Gasteiger partial charge in [-0.3, -0.25) is 0 Å². The molecular formula is C48H34N4O. The van der Waals surface area contributed by atoms with Gasteiger partial charge >= 0.3 is 0 Å². The number of fused-ring (bicyclic) bond motifs is 4. The van der Waals surface area contributed by atoms with Crippen LogP contribution < -0.4 is 15.4 Å². The highest BCUT2D eigenvalue weighted by atomic mass is 16.5. The lowest BCUT2D eigenvalue weighted by atomic mass is 9.93. The first-order valence-electron chi connectivity index (χ1n) is 18.0. The minimum absolute atomic E-state index is 0.486. The van der Waals surface area contributed by atoms with Crippen LogP contribution in [0.3, 0.4) is 0 Å². The maximum atomic E-state index is 6.49. The zero-order valence-corrected chi connectivity index (χ0v) is 29.1. The number of aromatic amines is 1. The van der Waals surface area contributed by atoms with Gasteiger partial charge in [-0.05, 0) is 71.7 Å². The first-order chi connectivity index (χ1) is 26.3. The SMILES string of the molecule is CCOc1nc2c3ccn4c(ccc4c(-c4ccccc4)c1-3)C(c1ccccc1)=C1C=CC(=N1)C(c1ccccc1)=c1ccc([nH]1)=C2c1ccccc1. The highest BCUT2D eigenvalue weighted by molar-refractivity contribution is 6.30. The summed E-state index contributed by atoms with van der Waals surface area (Å²) in [6.07, 6.45) is 6.50. The van der Waals surface area contributed by atoms with Gasteiger partial charge in [-0.2, -0.15) is 0 Å². The second kappa shape index (κ2) is 12.7. The fraction of sp³-hybridized carbons (Fsp3) is 0.0417. The van der Waals surface area contributed by atoms with Crippen LogP contribution >= 0.6 is 0 Å². The van der Waals surface area contributed by atoms with Crippen molar-refractivity contribution in [3.8, 4) is 28.1 Å². The summed E-state index contributed by atoms with van der Waals surface area (Å²) >= 11 is 0. The van der Waals surface area contributed by atoms with Crippen molar-refractivity contribution in [2.24, 2.45) is 4.99 Å². The second-order valence-corrected chi connectivity index (χ2v) is 13.2. The Morgan fingerprint density at radius 1 is 0.566 bits per heavy atom. The summed E-state index contributed by atoms with van der Waals surface area (Å²) in [5, 5.41) is 1.93. The van der Waals surface area contributed by atoms with Crippen molar-refractivity contribution < 1.29 is 4.74 Å². The number of hydrogen-bond donors (Lipinski definition) is 1. The van der Waals surface area contributed by atoms with E-state index in [1.165, 1.54) is 0 Å². The topological polar surface area (TPSA) is 54.7 Å². The number of rotatable bonds is 6. The third-order valence-electron chi connectivity index (χ3n) is 10.2. The van der Waals surface area contributed by atoms with Crippen LogP contribution in [0.25, 0.3) is 44.5 Å². The first kappa shape index (κ1) is 30.8. The Labute approximate surface area is 307 Å². The van der Waals surface area contributed by atoms with Gasteiger partial charge in [-0.15, -0.1) is 0 Å². The Hall–Kier alpha value is -6.98. The molecule has 0 atom stereocenters. The van der Waals surface area contributed by atoms with E-state index >= 15 is 0 Å². The Kier molecular flexibility index (Phi) is 7.36. The maximum Gasteiger partial charge on any atom is 0.222 e. The van der Waals surface area contributed by atoms with Crippen LogP contribution in [0.2, 0.25) is 0 Å². The molecule has 252 valence electrons. The van der Waals surface area contributed by atoms with E-state index in [0.717, 1.165) is 94.7 Å². The predicted octanol–water partition coefficient (Wildman–Crippen LogP) is 9.06. The van der Waals surface area contributed by atoms with Crippen molar-refractivity contribution in [1.29, 1.82) is 0 Å². The van der Waals surface area contributed by atoms with Crippen molar-refractivity contribution in [3.63, 3.8) is 0 Å². The van der Waals surface area contributed by atoms with Crippen LogP contribution in [0.5, 0.6) is 5.88 Å². The Morgan fingerprint density at radius 2 is 1.15 bits per heavy atom. The van der Waals surface area contributed by atoms with Crippen LogP contribution in [-0.2, 0) is 0 Å². The van der Waals surface area contributed by atoms with Crippen molar-refractivity contribution >= 4 is 27.9 Å². The van der Waals surface area contributed by atoms with Gasteiger partial charge < -0.3 is 14.1 Å². The van der Waals surface area contributed by atoms with Crippen LogP contribution in [0, 0.1) is 0 Å². The Morgan fingerprint density at radius 3 is 1.79 bits per heavy atom. The van der Waals surface area contributed by atoms with Gasteiger partial charge in [0.25, 0.3) is 0 Å². The number of H-pyrrole nitrogens is 1. The van der Waals surface area contributed by atoms with E-state index in [1.807, 2.05) is 6.92 Å². The molecule has 1 N–H and O–H groups in total. The maximum absolute atomic E-state index is 6.49. The molecule has 0 spiro atoms. The molecular weight excluding hydrogens is 649 g/mol. The number of nitrogens with zero attached hydrogens (tertiary/aromatic N) is 3. The first-order valence-corrected chi connectivity index (χ1v) is 18.0. The van der Waals surface area contributed by atoms with Crippen molar-refractivity contribution in [2.45, 2.75) is 6.92 Å². The van der Waals surface area contributed by atoms with E-state index in [0.29, 0.717) is 12.5 Å².